The molecule has 0 radical (unpaired) electrons. The Balaban J connectivity index is 1.47. The molecule has 0 atom stereocenters. The van der Waals surface area contributed by atoms with E-state index in [0.717, 1.165) is 15.7 Å². The van der Waals surface area contributed by atoms with E-state index >= 15 is 0 Å². The van der Waals surface area contributed by atoms with Crippen LogP contribution in [-0.4, -0.2) is 15.0 Å². The first-order valence-electron chi connectivity index (χ1n) is 11.4. The van der Waals surface area contributed by atoms with E-state index in [1.807, 2.05) is 18.2 Å². The largest absolute Gasteiger partial charge is 0.467 e. The molecule has 36 heavy (non-hydrogen) atoms. The molecule has 180 valence electrons. The number of fused-ring (bicyclic) bond motifs is 1. The molecule has 8 heteroatoms. The van der Waals surface area contributed by atoms with Crippen LogP contribution in [0.5, 0.6) is 0 Å². The zero-order chi connectivity index (χ0) is 25.1. The quantitative estimate of drug-likeness (QED) is 0.361. The number of para-hydroxylation sites is 1. The van der Waals surface area contributed by atoms with Crippen LogP contribution in [0.15, 0.2) is 105 Å². The highest BCUT2D eigenvalue weighted by molar-refractivity contribution is 6.31. The minimum atomic E-state index is -0.470. The van der Waals surface area contributed by atoms with Crippen molar-refractivity contribution in [3.8, 4) is 5.69 Å². The second-order valence-corrected chi connectivity index (χ2v) is 8.72. The van der Waals surface area contributed by atoms with Crippen molar-refractivity contribution in [3.63, 3.8) is 0 Å². The normalized spacial score (nSPS) is 11.0. The third-order valence-corrected chi connectivity index (χ3v) is 6.30. The van der Waals surface area contributed by atoms with Gasteiger partial charge in [0.05, 0.1) is 42.4 Å². The van der Waals surface area contributed by atoms with Crippen LogP contribution in [0.25, 0.3) is 16.6 Å². The Bertz CT molecular complexity index is 1650. The summed E-state index contributed by atoms with van der Waals surface area (Å²) < 4.78 is 7.92. The summed E-state index contributed by atoms with van der Waals surface area (Å²) in [7, 11) is 0. The van der Waals surface area contributed by atoms with Crippen molar-refractivity contribution in [2.75, 3.05) is 0 Å². The first kappa shape index (κ1) is 23.4. The van der Waals surface area contributed by atoms with Crippen LogP contribution in [0.1, 0.15) is 16.9 Å². The summed E-state index contributed by atoms with van der Waals surface area (Å²) in [6, 6.07) is 24.7. The van der Waals surface area contributed by atoms with E-state index in [2.05, 4.69) is 5.32 Å². The van der Waals surface area contributed by atoms with E-state index in [9.17, 15) is 14.4 Å². The number of nitrogens with zero attached hydrogens (tertiary/aromatic N) is 2. The number of amides is 1. The highest BCUT2D eigenvalue weighted by Crippen LogP contribution is 2.18. The van der Waals surface area contributed by atoms with Crippen molar-refractivity contribution >= 4 is 28.4 Å². The summed E-state index contributed by atoms with van der Waals surface area (Å²) >= 11 is 6.35. The maximum atomic E-state index is 13.6. The summed E-state index contributed by atoms with van der Waals surface area (Å²) in [6.07, 6.45) is 1.71. The lowest BCUT2D eigenvalue weighted by atomic mass is 10.1. The lowest BCUT2D eigenvalue weighted by Crippen LogP contribution is -2.39. The molecule has 0 aliphatic rings. The molecule has 0 unspecified atom stereocenters. The average molecular weight is 500 g/mol. The highest BCUT2D eigenvalue weighted by Gasteiger charge is 2.16. The Morgan fingerprint density at radius 1 is 0.889 bits per heavy atom. The molecular weight excluding hydrogens is 478 g/mol. The first-order valence-corrected chi connectivity index (χ1v) is 11.8. The van der Waals surface area contributed by atoms with Gasteiger partial charge < -0.3 is 9.73 Å². The van der Waals surface area contributed by atoms with Gasteiger partial charge in [-0.05, 0) is 53.6 Å². The predicted octanol–water partition coefficient (Wildman–Crippen LogP) is 4.31. The number of rotatable bonds is 7. The molecule has 0 aliphatic heterocycles. The summed E-state index contributed by atoms with van der Waals surface area (Å²) in [4.78, 5) is 39.2. The summed E-state index contributed by atoms with van der Waals surface area (Å²) in [6.45, 7) is 0.522. The number of furan rings is 1. The van der Waals surface area contributed by atoms with Crippen molar-refractivity contribution in [2.24, 2.45) is 0 Å². The maximum Gasteiger partial charge on any atom is 0.336 e. The van der Waals surface area contributed by atoms with Gasteiger partial charge >= 0.3 is 5.69 Å². The van der Waals surface area contributed by atoms with Gasteiger partial charge in [0, 0.05) is 5.02 Å². The van der Waals surface area contributed by atoms with Gasteiger partial charge in [-0.1, -0.05) is 54.1 Å². The molecule has 1 amide bonds. The van der Waals surface area contributed by atoms with Crippen molar-refractivity contribution in [1.82, 2.24) is 14.5 Å². The van der Waals surface area contributed by atoms with Gasteiger partial charge in [-0.3, -0.25) is 14.2 Å². The molecule has 0 saturated heterocycles. The van der Waals surface area contributed by atoms with Crippen molar-refractivity contribution < 1.29 is 9.21 Å². The molecule has 5 aromatic rings. The van der Waals surface area contributed by atoms with Crippen LogP contribution >= 0.6 is 11.6 Å². The van der Waals surface area contributed by atoms with E-state index < -0.39 is 11.2 Å². The molecule has 0 fully saturated rings. The third kappa shape index (κ3) is 4.74. The fourth-order valence-electron chi connectivity index (χ4n) is 4.11. The molecule has 0 aliphatic carbocycles. The summed E-state index contributed by atoms with van der Waals surface area (Å²) in [5, 5.41) is 3.77. The third-order valence-electron chi connectivity index (χ3n) is 5.94. The van der Waals surface area contributed by atoms with Gasteiger partial charge in [0.25, 0.3) is 5.56 Å². The molecule has 2 aromatic heterocycles. The second kappa shape index (κ2) is 10.1. The van der Waals surface area contributed by atoms with Gasteiger partial charge in [-0.2, -0.15) is 0 Å². The smallest absolute Gasteiger partial charge is 0.336 e. The number of hydrogen-bond acceptors (Lipinski definition) is 4. The number of hydrogen-bond donors (Lipinski definition) is 1. The zero-order valence-electron chi connectivity index (χ0n) is 19.2. The number of halogens is 1. The Labute approximate surface area is 211 Å². The van der Waals surface area contributed by atoms with Crippen LogP contribution in [0.3, 0.4) is 0 Å². The van der Waals surface area contributed by atoms with Gasteiger partial charge in [0.15, 0.2) is 0 Å². The number of aromatic nitrogens is 2. The van der Waals surface area contributed by atoms with E-state index in [1.54, 1.807) is 77.6 Å². The Kier molecular flexibility index (Phi) is 6.56. The van der Waals surface area contributed by atoms with E-state index in [-0.39, 0.29) is 18.9 Å². The topological polar surface area (TPSA) is 86.2 Å². The number of nitrogens with one attached hydrogen (secondary N) is 1. The van der Waals surface area contributed by atoms with Gasteiger partial charge in [-0.25, -0.2) is 9.36 Å². The fraction of sp³-hybridized carbons (Fsp3) is 0.107. The lowest BCUT2D eigenvalue weighted by molar-refractivity contribution is -0.120. The van der Waals surface area contributed by atoms with Crippen LogP contribution < -0.4 is 16.6 Å². The number of carbonyl (C=O) groups is 1. The second-order valence-electron chi connectivity index (χ2n) is 8.32. The van der Waals surface area contributed by atoms with Crippen molar-refractivity contribution in [2.45, 2.75) is 19.5 Å². The standard InChI is InChI=1S/C28H22ClN3O4/c29-24-9-3-1-6-20(24)18-31-25-10-4-2-8-23(25)27(34)32(28(31)35)21-13-11-19(12-14-21)16-26(33)30-17-22-7-5-15-36-22/h1-15H,16-18H2,(H,30,33). The number of carbonyl (C=O) groups excluding carboxylic acids is 1. The van der Waals surface area contributed by atoms with E-state index in [1.165, 1.54) is 0 Å². The van der Waals surface area contributed by atoms with E-state index in [0.29, 0.717) is 33.9 Å². The van der Waals surface area contributed by atoms with Gasteiger partial charge in [0.1, 0.15) is 5.76 Å². The molecule has 0 spiro atoms. The van der Waals surface area contributed by atoms with E-state index in [4.69, 9.17) is 16.0 Å². The molecule has 0 bridgehead atoms. The monoisotopic (exact) mass is 499 g/mol. The number of benzene rings is 3. The molecule has 3 aromatic carbocycles. The molecular formula is C28H22ClN3O4. The SMILES string of the molecule is O=C(Cc1ccc(-n2c(=O)c3ccccc3n(Cc3ccccc3Cl)c2=O)cc1)NCc1ccco1. The van der Waals surface area contributed by atoms with Crippen molar-refractivity contribution in [3.05, 3.63) is 134 Å². The zero-order valence-corrected chi connectivity index (χ0v) is 19.9. The minimum Gasteiger partial charge on any atom is -0.467 e. The molecule has 1 N–H and O–H groups in total. The molecule has 2 heterocycles. The highest BCUT2D eigenvalue weighted by atomic mass is 35.5. The van der Waals surface area contributed by atoms with Crippen LogP contribution in [0.4, 0.5) is 0 Å². The van der Waals surface area contributed by atoms with Crippen molar-refractivity contribution in [1.29, 1.82) is 0 Å². The average Bonchev–Trinajstić information content (AvgIpc) is 3.41. The summed E-state index contributed by atoms with van der Waals surface area (Å²) in [5.74, 6) is 0.506. The van der Waals surface area contributed by atoms with Gasteiger partial charge in [-0.15, -0.1) is 0 Å². The predicted molar refractivity (Wildman–Crippen MR) is 139 cm³/mol. The van der Waals surface area contributed by atoms with Crippen LogP contribution in [0.2, 0.25) is 5.02 Å². The Morgan fingerprint density at radius 3 is 2.39 bits per heavy atom. The lowest BCUT2D eigenvalue weighted by Gasteiger charge is -2.15. The fourth-order valence-corrected chi connectivity index (χ4v) is 4.30. The first-order chi connectivity index (χ1) is 17.5. The maximum absolute atomic E-state index is 13.6. The Hall–Kier alpha value is -4.36. The minimum absolute atomic E-state index is 0.157. The Morgan fingerprint density at radius 2 is 1.64 bits per heavy atom. The van der Waals surface area contributed by atoms with Crippen LogP contribution in [-0.2, 0) is 24.3 Å². The van der Waals surface area contributed by atoms with Gasteiger partial charge in [0.2, 0.25) is 5.91 Å². The van der Waals surface area contributed by atoms with Crippen LogP contribution in [0, 0.1) is 0 Å². The molecule has 7 nitrogen and oxygen atoms in total. The molecule has 0 saturated carbocycles. The molecule has 5 rings (SSSR count). The summed E-state index contributed by atoms with van der Waals surface area (Å²) in [5.41, 5.74) is 1.60.